The summed E-state index contributed by atoms with van der Waals surface area (Å²) in [6.07, 6.45) is 0. The molecule has 1 aromatic carbocycles. The Balaban J connectivity index is 3.20. The van der Waals surface area contributed by atoms with Gasteiger partial charge in [0.15, 0.2) is 0 Å². The van der Waals surface area contributed by atoms with Crippen molar-refractivity contribution in [2.24, 2.45) is 0 Å². The van der Waals surface area contributed by atoms with Crippen LogP contribution in [-0.2, 0) is 16.2 Å². The average Bonchev–Trinajstić information content (AvgIpc) is 2.17. The van der Waals surface area contributed by atoms with E-state index in [0.29, 0.717) is 0 Å². The maximum absolute atomic E-state index is 13.6. The molecule has 2 nitrogen and oxygen atoms in total. The van der Waals surface area contributed by atoms with Crippen molar-refractivity contribution in [3.8, 4) is 0 Å². The van der Waals surface area contributed by atoms with Gasteiger partial charge in [-0.25, -0.2) is 4.39 Å². The highest BCUT2D eigenvalue weighted by molar-refractivity contribution is 7.80. The van der Waals surface area contributed by atoms with E-state index in [1.807, 2.05) is 0 Å². The van der Waals surface area contributed by atoms with Crippen LogP contribution in [0.2, 0.25) is 5.02 Å². The number of halogens is 5. The Hall–Kier alpha value is -0.300. The number of alkyl halides is 4. The molecule has 0 spiro atoms. The smallest absolute Gasteiger partial charge is 0.360 e. The minimum atomic E-state index is -4.73. The third kappa shape index (κ3) is 2.34. The highest BCUT2D eigenvalue weighted by Gasteiger charge is 2.56. The molecule has 0 saturated heterocycles. The Morgan fingerprint density at radius 3 is 2.00 bits per heavy atom. The van der Waals surface area contributed by atoms with Gasteiger partial charge in [0.05, 0.1) is 0 Å². The summed E-state index contributed by atoms with van der Waals surface area (Å²) in [7, 11) is 0. The van der Waals surface area contributed by atoms with Crippen LogP contribution < -0.4 is 0 Å². The number of hydrogen-bond donors (Lipinski definition) is 0. The van der Waals surface area contributed by atoms with Gasteiger partial charge in [-0.15, -0.1) is 0 Å². The van der Waals surface area contributed by atoms with E-state index >= 15 is 0 Å². The van der Waals surface area contributed by atoms with Crippen molar-refractivity contribution in [3.05, 3.63) is 34.9 Å². The summed E-state index contributed by atoms with van der Waals surface area (Å²) in [4.78, 5) is 0. The van der Waals surface area contributed by atoms with Crippen LogP contribution in [0.5, 0.6) is 0 Å². The molecule has 90 valence electrons. The molecule has 0 aliphatic carbocycles. The minimum Gasteiger partial charge on any atom is -0.768 e. The second-order valence-corrected chi connectivity index (χ2v) is 4.77. The summed E-state index contributed by atoms with van der Waals surface area (Å²) in [5.41, 5.74) is -0.687. The molecule has 2 atom stereocenters. The van der Waals surface area contributed by atoms with Crippen molar-refractivity contribution in [1.29, 1.82) is 0 Å². The quantitative estimate of drug-likeness (QED) is 0.634. The van der Waals surface area contributed by atoms with E-state index in [1.165, 1.54) is 0 Å². The van der Waals surface area contributed by atoms with E-state index < -0.39 is 27.0 Å². The monoisotopic (exact) mass is 291 g/mol. The van der Waals surface area contributed by atoms with Gasteiger partial charge in [0.25, 0.3) is 5.13 Å². The second kappa shape index (κ2) is 4.52. The van der Waals surface area contributed by atoms with E-state index in [9.17, 15) is 21.9 Å². The number of rotatable bonds is 3. The van der Waals surface area contributed by atoms with Crippen LogP contribution in [0.4, 0.5) is 13.2 Å². The molecule has 0 saturated carbocycles. The van der Waals surface area contributed by atoms with Gasteiger partial charge in [-0.3, -0.25) is 4.21 Å². The standard InChI is InChI=1S/C8H5Cl2F3O2S/c9-6-3-1-5(2-4-6)7(10,11)8(12,13)16(14)15/h1-4H,(H,14,15)/p-1. The molecule has 0 aromatic heterocycles. The van der Waals surface area contributed by atoms with Gasteiger partial charge in [0.2, 0.25) is 0 Å². The Kier molecular flexibility index (Phi) is 3.89. The maximum atomic E-state index is 13.6. The molecule has 8 heteroatoms. The van der Waals surface area contributed by atoms with Gasteiger partial charge in [-0.05, 0) is 12.1 Å². The van der Waals surface area contributed by atoms with Gasteiger partial charge in [-0.1, -0.05) is 35.3 Å². The lowest BCUT2D eigenvalue weighted by Crippen LogP contribution is -2.40. The van der Waals surface area contributed by atoms with Crippen molar-refractivity contribution in [3.63, 3.8) is 0 Å². The van der Waals surface area contributed by atoms with Crippen molar-refractivity contribution >= 4 is 34.3 Å². The Labute approximate surface area is 102 Å². The van der Waals surface area contributed by atoms with Crippen molar-refractivity contribution in [1.82, 2.24) is 0 Å². The third-order valence-corrected chi connectivity index (χ3v) is 3.30. The molecule has 0 aliphatic heterocycles. The zero-order chi connectivity index (χ0) is 12.6. The second-order valence-electron chi connectivity index (χ2n) is 2.83. The molecular formula is C8H4Cl2F3O2S-. The molecule has 1 aromatic rings. The fourth-order valence-corrected chi connectivity index (χ4v) is 1.70. The number of benzene rings is 1. The summed E-state index contributed by atoms with van der Waals surface area (Å²) in [5.74, 6) is 0. The lowest BCUT2D eigenvalue weighted by Gasteiger charge is -2.29. The molecule has 0 amide bonds. The molecule has 0 N–H and O–H groups in total. The lowest BCUT2D eigenvalue weighted by molar-refractivity contribution is -0.0254. The van der Waals surface area contributed by atoms with Crippen LogP contribution in [0, 0.1) is 0 Å². The normalized spacial score (nSPS) is 17.9. The van der Waals surface area contributed by atoms with Crippen molar-refractivity contribution in [2.75, 3.05) is 0 Å². The lowest BCUT2D eigenvalue weighted by atomic mass is 10.1. The summed E-state index contributed by atoms with van der Waals surface area (Å²) in [5, 5.41) is -8.38. The number of hydrogen-bond acceptors (Lipinski definition) is 2. The first-order chi connectivity index (χ1) is 7.19. The zero-order valence-electron chi connectivity index (χ0n) is 7.42. The summed E-state index contributed by atoms with van der Waals surface area (Å²) in [6.45, 7) is 0. The molecule has 1 rings (SSSR count). The topological polar surface area (TPSA) is 40.1 Å². The largest absolute Gasteiger partial charge is 0.768 e. The molecule has 16 heavy (non-hydrogen) atoms. The fraction of sp³-hybridized carbons (Fsp3) is 0.250. The van der Waals surface area contributed by atoms with Crippen molar-refractivity contribution < 1.29 is 21.9 Å². The Morgan fingerprint density at radius 2 is 1.62 bits per heavy atom. The first kappa shape index (κ1) is 13.8. The minimum absolute atomic E-state index is 0.183. The van der Waals surface area contributed by atoms with Crippen LogP contribution >= 0.6 is 23.2 Å². The summed E-state index contributed by atoms with van der Waals surface area (Å²) >= 11 is 6.44. The Bertz CT molecular complexity index is 408. The summed E-state index contributed by atoms with van der Waals surface area (Å²) in [6, 6.07) is 4.01. The first-order valence-corrected chi connectivity index (χ1v) is 5.63. The van der Waals surface area contributed by atoms with Crippen LogP contribution in [-0.4, -0.2) is 14.0 Å². The Morgan fingerprint density at radius 1 is 1.19 bits per heavy atom. The van der Waals surface area contributed by atoms with E-state index in [0.717, 1.165) is 24.3 Å². The fourth-order valence-electron chi connectivity index (χ4n) is 0.932. The summed E-state index contributed by atoms with van der Waals surface area (Å²) < 4.78 is 59.9. The van der Waals surface area contributed by atoms with Gasteiger partial charge in [0, 0.05) is 21.7 Å². The predicted molar refractivity (Wildman–Crippen MR) is 54.0 cm³/mol. The molecule has 0 aliphatic rings. The highest BCUT2D eigenvalue weighted by atomic mass is 35.5. The van der Waals surface area contributed by atoms with Gasteiger partial charge in [0.1, 0.15) is 0 Å². The maximum Gasteiger partial charge on any atom is 0.360 e. The van der Waals surface area contributed by atoms with E-state index in [4.69, 9.17) is 23.2 Å². The van der Waals surface area contributed by atoms with Gasteiger partial charge in [-0.2, -0.15) is 8.78 Å². The molecule has 0 radical (unpaired) electrons. The molecule has 0 heterocycles. The molecule has 0 fully saturated rings. The molecular weight excluding hydrogens is 288 g/mol. The average molecular weight is 292 g/mol. The van der Waals surface area contributed by atoms with Crippen molar-refractivity contribution in [2.45, 2.75) is 10.4 Å². The van der Waals surface area contributed by atoms with Gasteiger partial charge < -0.3 is 4.55 Å². The van der Waals surface area contributed by atoms with Crippen LogP contribution in [0.25, 0.3) is 0 Å². The first-order valence-electron chi connectivity index (χ1n) is 3.80. The van der Waals surface area contributed by atoms with E-state index in [-0.39, 0.29) is 5.02 Å². The van der Waals surface area contributed by atoms with Crippen LogP contribution in [0.15, 0.2) is 24.3 Å². The highest BCUT2D eigenvalue weighted by Crippen LogP contribution is 2.46. The van der Waals surface area contributed by atoms with E-state index in [1.54, 1.807) is 0 Å². The zero-order valence-corrected chi connectivity index (χ0v) is 9.75. The van der Waals surface area contributed by atoms with E-state index in [2.05, 4.69) is 0 Å². The molecule has 0 bridgehead atoms. The predicted octanol–water partition coefficient (Wildman–Crippen LogP) is 3.17. The third-order valence-electron chi connectivity index (χ3n) is 1.78. The molecule has 2 unspecified atom stereocenters. The van der Waals surface area contributed by atoms with Crippen LogP contribution in [0.3, 0.4) is 0 Å². The van der Waals surface area contributed by atoms with Gasteiger partial charge >= 0.3 is 5.25 Å². The van der Waals surface area contributed by atoms with Crippen LogP contribution in [0.1, 0.15) is 5.56 Å². The SMILES string of the molecule is O=S([O-])C(F)(F)C(F)(Cl)c1ccc(Cl)cc1.